The third-order valence-corrected chi connectivity index (χ3v) is 7.89. The zero-order valence-electron chi connectivity index (χ0n) is 20.3. The first-order chi connectivity index (χ1) is 16.2. The molecule has 0 spiro atoms. The van der Waals surface area contributed by atoms with E-state index in [0.29, 0.717) is 11.5 Å². The molecule has 0 unspecified atom stereocenters. The van der Waals surface area contributed by atoms with Crippen LogP contribution in [-0.2, 0) is 0 Å². The fourth-order valence-corrected chi connectivity index (χ4v) is 5.90. The van der Waals surface area contributed by atoms with Gasteiger partial charge in [-0.3, -0.25) is 0 Å². The Balaban J connectivity index is 1.36. The minimum atomic E-state index is -5.12. The van der Waals surface area contributed by atoms with Gasteiger partial charge >= 0.3 is 6.36 Å². The van der Waals surface area contributed by atoms with E-state index in [1.165, 1.54) is 57.8 Å². The van der Waals surface area contributed by atoms with Gasteiger partial charge in [0, 0.05) is 0 Å². The third-order valence-electron chi connectivity index (χ3n) is 7.89. The molecular weight excluding hydrogens is 447 g/mol. The first-order valence-corrected chi connectivity index (χ1v) is 13.1. The van der Waals surface area contributed by atoms with Crippen LogP contribution in [0.2, 0.25) is 0 Å². The number of benzene rings is 1. The summed E-state index contributed by atoms with van der Waals surface area (Å²) in [6, 6.07) is 2.02. The predicted molar refractivity (Wildman–Crippen MR) is 126 cm³/mol. The Morgan fingerprint density at radius 1 is 0.794 bits per heavy atom. The molecule has 0 amide bonds. The molecule has 1 aromatic rings. The number of ether oxygens (including phenoxy) is 1. The van der Waals surface area contributed by atoms with Gasteiger partial charge in [-0.2, -0.15) is 0 Å². The number of alkyl halides is 3. The Morgan fingerprint density at radius 2 is 1.29 bits per heavy atom. The summed E-state index contributed by atoms with van der Waals surface area (Å²) in [5, 5.41) is 0. The normalized spacial score (nSPS) is 26.2. The van der Waals surface area contributed by atoms with E-state index in [0.717, 1.165) is 56.1 Å². The molecule has 2 fully saturated rings. The molecule has 6 heteroatoms. The Hall–Kier alpha value is -1.59. The fraction of sp³-hybridized carbons (Fsp3) is 0.714. The molecule has 0 N–H and O–H groups in total. The lowest BCUT2D eigenvalue weighted by atomic mass is 9.74. The van der Waals surface area contributed by atoms with E-state index in [9.17, 15) is 22.0 Å². The van der Waals surface area contributed by atoms with Crippen LogP contribution in [0.1, 0.15) is 108 Å². The van der Waals surface area contributed by atoms with Crippen molar-refractivity contribution in [1.29, 1.82) is 0 Å². The summed E-state index contributed by atoms with van der Waals surface area (Å²) in [6.07, 6.45) is 16.0. The van der Waals surface area contributed by atoms with Gasteiger partial charge in [0.25, 0.3) is 0 Å². The second-order valence-corrected chi connectivity index (χ2v) is 10.4. The van der Waals surface area contributed by atoms with Crippen molar-refractivity contribution in [2.45, 2.75) is 109 Å². The highest BCUT2D eigenvalue weighted by Gasteiger charge is 2.35. The summed E-state index contributed by atoms with van der Waals surface area (Å²) in [6.45, 7) is 2.17. The van der Waals surface area contributed by atoms with Gasteiger partial charge in [0.05, 0.1) is 0 Å². The van der Waals surface area contributed by atoms with Crippen LogP contribution in [0, 0.1) is 29.4 Å². The van der Waals surface area contributed by atoms with E-state index in [1.807, 2.05) is 0 Å². The SMILES string of the molecule is CC/C=C/CCC[C@H]1CC[C@H](CC[C@H]2CC[C@H](c3cc(F)c(OC(F)(F)F)c(F)c3)CC2)CC1. The van der Waals surface area contributed by atoms with E-state index in [1.54, 1.807) is 0 Å². The number of unbranched alkanes of at least 4 members (excludes halogenated alkanes) is 1. The first kappa shape index (κ1) is 27.0. The predicted octanol–water partition coefficient (Wildman–Crippen LogP) is 9.86. The van der Waals surface area contributed by atoms with Crippen molar-refractivity contribution in [3.8, 4) is 5.75 Å². The van der Waals surface area contributed by atoms with Crippen molar-refractivity contribution in [2.75, 3.05) is 0 Å². The number of allylic oxidation sites excluding steroid dienone is 2. The zero-order valence-corrected chi connectivity index (χ0v) is 20.3. The molecule has 0 bridgehead atoms. The second-order valence-electron chi connectivity index (χ2n) is 10.4. The molecule has 192 valence electrons. The quantitative estimate of drug-likeness (QED) is 0.182. The molecule has 0 saturated heterocycles. The number of halogens is 5. The maximum Gasteiger partial charge on any atom is 0.573 e. The summed E-state index contributed by atoms with van der Waals surface area (Å²) in [4.78, 5) is 0. The molecule has 0 heterocycles. The van der Waals surface area contributed by atoms with Crippen LogP contribution in [0.25, 0.3) is 0 Å². The highest BCUT2D eigenvalue weighted by atomic mass is 19.4. The summed E-state index contributed by atoms with van der Waals surface area (Å²) in [7, 11) is 0. The molecule has 2 aliphatic rings. The minimum absolute atomic E-state index is 0.0113. The molecule has 0 atom stereocenters. The van der Waals surface area contributed by atoms with Gasteiger partial charge in [0.15, 0.2) is 11.6 Å². The Labute approximate surface area is 201 Å². The molecule has 3 rings (SSSR count). The van der Waals surface area contributed by atoms with Gasteiger partial charge in [0.1, 0.15) is 0 Å². The molecule has 1 nitrogen and oxygen atoms in total. The van der Waals surface area contributed by atoms with Gasteiger partial charge < -0.3 is 4.74 Å². The van der Waals surface area contributed by atoms with Gasteiger partial charge in [-0.05, 0) is 86.3 Å². The van der Waals surface area contributed by atoms with E-state index < -0.39 is 23.7 Å². The summed E-state index contributed by atoms with van der Waals surface area (Å²) < 4.78 is 68.7. The molecule has 34 heavy (non-hydrogen) atoms. The van der Waals surface area contributed by atoms with Crippen LogP contribution in [0.5, 0.6) is 5.75 Å². The number of hydrogen-bond acceptors (Lipinski definition) is 1. The van der Waals surface area contributed by atoms with Crippen molar-refractivity contribution in [2.24, 2.45) is 17.8 Å². The monoisotopic (exact) mass is 486 g/mol. The Morgan fingerprint density at radius 3 is 1.79 bits per heavy atom. The van der Waals surface area contributed by atoms with Crippen molar-refractivity contribution >= 4 is 0 Å². The Bertz CT molecular complexity index is 748. The van der Waals surface area contributed by atoms with Crippen LogP contribution < -0.4 is 4.74 Å². The lowest BCUT2D eigenvalue weighted by Crippen LogP contribution is -2.20. The van der Waals surface area contributed by atoms with E-state index in [-0.39, 0.29) is 5.92 Å². The summed E-state index contributed by atoms with van der Waals surface area (Å²) in [5.41, 5.74) is 0.437. The fourth-order valence-electron chi connectivity index (χ4n) is 5.90. The maximum atomic E-state index is 14.1. The van der Waals surface area contributed by atoms with Gasteiger partial charge in [-0.1, -0.05) is 64.0 Å². The zero-order chi connectivity index (χ0) is 24.6. The van der Waals surface area contributed by atoms with Gasteiger partial charge in [0.2, 0.25) is 5.75 Å². The molecule has 2 aliphatic carbocycles. The summed E-state index contributed by atoms with van der Waals surface area (Å²) >= 11 is 0. The molecule has 0 radical (unpaired) electrons. The van der Waals surface area contributed by atoms with E-state index in [4.69, 9.17) is 0 Å². The second kappa shape index (κ2) is 12.9. The standard InChI is InChI=1S/C28H39F5O/c1-2-3-4-5-6-7-20-8-10-21(11-9-20)12-13-22-14-16-23(17-15-22)24-18-25(29)27(26(30)19-24)34-28(31,32)33/h3-4,18-23H,2,5-17H2,1H3/b4-3+/t20-,21-,22-,23-. The van der Waals surface area contributed by atoms with Crippen LogP contribution >= 0.6 is 0 Å². The van der Waals surface area contributed by atoms with Crippen molar-refractivity contribution in [1.82, 2.24) is 0 Å². The van der Waals surface area contributed by atoms with Crippen LogP contribution in [0.15, 0.2) is 24.3 Å². The molecule has 0 aromatic heterocycles. The molecule has 1 aromatic carbocycles. The average molecular weight is 487 g/mol. The molecule has 2 saturated carbocycles. The summed E-state index contributed by atoms with van der Waals surface area (Å²) in [5.74, 6) is -1.59. The lowest BCUT2D eigenvalue weighted by molar-refractivity contribution is -0.276. The Kier molecular flexibility index (Phi) is 10.3. The van der Waals surface area contributed by atoms with Crippen molar-refractivity contribution in [3.63, 3.8) is 0 Å². The molecule has 0 aliphatic heterocycles. The van der Waals surface area contributed by atoms with E-state index in [2.05, 4.69) is 23.8 Å². The first-order valence-electron chi connectivity index (χ1n) is 13.1. The topological polar surface area (TPSA) is 9.23 Å². The number of rotatable bonds is 10. The lowest BCUT2D eigenvalue weighted by Gasteiger charge is -2.32. The third kappa shape index (κ3) is 8.57. The van der Waals surface area contributed by atoms with Crippen LogP contribution in [0.3, 0.4) is 0 Å². The highest BCUT2D eigenvalue weighted by molar-refractivity contribution is 5.33. The van der Waals surface area contributed by atoms with Crippen LogP contribution in [0.4, 0.5) is 22.0 Å². The number of hydrogen-bond donors (Lipinski definition) is 0. The highest BCUT2D eigenvalue weighted by Crippen LogP contribution is 2.41. The van der Waals surface area contributed by atoms with Gasteiger partial charge in [-0.15, -0.1) is 13.2 Å². The van der Waals surface area contributed by atoms with Crippen molar-refractivity contribution in [3.05, 3.63) is 41.5 Å². The smallest absolute Gasteiger partial charge is 0.399 e. The largest absolute Gasteiger partial charge is 0.573 e. The molecular formula is C28H39F5O. The minimum Gasteiger partial charge on any atom is -0.399 e. The van der Waals surface area contributed by atoms with Crippen LogP contribution in [-0.4, -0.2) is 6.36 Å². The average Bonchev–Trinajstić information content (AvgIpc) is 2.80. The maximum absolute atomic E-state index is 14.1. The van der Waals surface area contributed by atoms with E-state index >= 15 is 0 Å². The van der Waals surface area contributed by atoms with Gasteiger partial charge in [-0.25, -0.2) is 8.78 Å². The van der Waals surface area contributed by atoms with Crippen molar-refractivity contribution < 1.29 is 26.7 Å².